The van der Waals surface area contributed by atoms with Crippen molar-refractivity contribution in [2.75, 3.05) is 44.2 Å². The number of hydrogen-bond donors (Lipinski definition) is 1. The van der Waals surface area contributed by atoms with Gasteiger partial charge in [0.2, 0.25) is 5.91 Å². The van der Waals surface area contributed by atoms with Crippen LogP contribution in [0.3, 0.4) is 0 Å². The molecule has 0 unspecified atom stereocenters. The van der Waals surface area contributed by atoms with Crippen LogP contribution in [0.1, 0.15) is 42.9 Å². The van der Waals surface area contributed by atoms with Gasteiger partial charge in [0, 0.05) is 37.0 Å². The van der Waals surface area contributed by atoms with Gasteiger partial charge in [0.05, 0.1) is 11.9 Å². The van der Waals surface area contributed by atoms with Crippen molar-refractivity contribution in [2.45, 2.75) is 38.5 Å². The molecule has 1 amide bonds. The minimum atomic E-state index is 0.316. The molecule has 0 spiro atoms. The summed E-state index contributed by atoms with van der Waals surface area (Å²) in [5.41, 5.74) is 2.50. The Morgan fingerprint density at radius 2 is 2.04 bits per heavy atom. The number of nitrogens with one attached hydrogen (secondary N) is 1. The van der Waals surface area contributed by atoms with Crippen molar-refractivity contribution in [3.05, 3.63) is 17.5 Å². The lowest BCUT2D eigenvalue weighted by atomic mass is 9.92. The van der Waals surface area contributed by atoms with Gasteiger partial charge in [0.1, 0.15) is 0 Å². The number of aromatic amines is 1. The van der Waals surface area contributed by atoms with E-state index in [1.54, 1.807) is 11.8 Å². The predicted octanol–water partition coefficient (Wildman–Crippen LogP) is 2.25. The van der Waals surface area contributed by atoms with Crippen molar-refractivity contribution < 1.29 is 4.79 Å². The van der Waals surface area contributed by atoms with Gasteiger partial charge in [-0.2, -0.15) is 16.9 Å². The van der Waals surface area contributed by atoms with Gasteiger partial charge in [-0.25, -0.2) is 0 Å². The lowest BCUT2D eigenvalue weighted by Crippen LogP contribution is -2.39. The molecule has 1 N–H and O–H groups in total. The summed E-state index contributed by atoms with van der Waals surface area (Å²) in [4.78, 5) is 16.9. The van der Waals surface area contributed by atoms with Crippen LogP contribution in [0.15, 0.2) is 6.20 Å². The lowest BCUT2D eigenvalue weighted by molar-refractivity contribution is -0.129. The van der Waals surface area contributed by atoms with E-state index in [0.29, 0.717) is 17.6 Å². The third-order valence-electron chi connectivity index (χ3n) is 5.10. The number of likely N-dealkylation sites (tertiary alicyclic amines) is 2. The molecule has 3 heterocycles. The minimum Gasteiger partial charge on any atom is -0.342 e. The summed E-state index contributed by atoms with van der Waals surface area (Å²) in [6.07, 6.45) is 6.67. The van der Waals surface area contributed by atoms with E-state index in [0.717, 1.165) is 38.2 Å². The molecule has 5 nitrogen and oxygen atoms in total. The van der Waals surface area contributed by atoms with E-state index >= 15 is 0 Å². The van der Waals surface area contributed by atoms with Crippen LogP contribution in [0.4, 0.5) is 0 Å². The van der Waals surface area contributed by atoms with Crippen LogP contribution in [0, 0.1) is 6.92 Å². The number of hydrogen-bond acceptors (Lipinski definition) is 4. The molecule has 2 aliphatic heterocycles. The third-order valence-corrected chi connectivity index (χ3v) is 6.02. The zero-order valence-electron chi connectivity index (χ0n) is 14.1. The summed E-state index contributed by atoms with van der Waals surface area (Å²) in [5, 5.41) is 7.25. The first-order chi connectivity index (χ1) is 11.2. The summed E-state index contributed by atoms with van der Waals surface area (Å²) in [6, 6.07) is 0. The number of carbonyl (C=O) groups excluding carboxylic acids is 1. The van der Waals surface area contributed by atoms with Crippen LogP contribution in [0.5, 0.6) is 0 Å². The highest BCUT2D eigenvalue weighted by atomic mass is 32.2. The monoisotopic (exact) mass is 336 g/mol. The Kier molecular flexibility index (Phi) is 6.00. The first kappa shape index (κ1) is 16.8. The van der Waals surface area contributed by atoms with Crippen LogP contribution in [-0.4, -0.2) is 70.1 Å². The summed E-state index contributed by atoms with van der Waals surface area (Å²) in [7, 11) is 0. The highest BCUT2D eigenvalue weighted by molar-refractivity contribution is 7.99. The van der Waals surface area contributed by atoms with Crippen LogP contribution in [0.25, 0.3) is 0 Å². The SMILES string of the molecule is Cc1cn[nH]c1C1CCN(C(=O)CSCCN2CCCC2)CC1. The topological polar surface area (TPSA) is 52.2 Å². The Balaban J connectivity index is 1.34. The predicted molar refractivity (Wildman–Crippen MR) is 94.9 cm³/mol. The second-order valence-corrected chi connectivity index (χ2v) is 7.83. The van der Waals surface area contributed by atoms with Crippen LogP contribution in [0.2, 0.25) is 0 Å². The van der Waals surface area contributed by atoms with Gasteiger partial charge in [-0.15, -0.1) is 0 Å². The molecule has 6 heteroatoms. The summed E-state index contributed by atoms with van der Waals surface area (Å²) >= 11 is 1.79. The number of rotatable bonds is 6. The molecular formula is C17H28N4OS. The molecule has 3 rings (SSSR count). The van der Waals surface area contributed by atoms with E-state index in [1.165, 1.54) is 37.2 Å². The molecular weight excluding hydrogens is 308 g/mol. The number of carbonyl (C=O) groups is 1. The third kappa shape index (κ3) is 4.51. The molecule has 0 aliphatic carbocycles. The first-order valence-electron chi connectivity index (χ1n) is 8.82. The maximum absolute atomic E-state index is 12.3. The molecule has 2 fully saturated rings. The molecule has 128 valence electrons. The Hall–Kier alpha value is -1.01. The molecule has 23 heavy (non-hydrogen) atoms. The molecule has 0 bridgehead atoms. The number of thioether (sulfide) groups is 1. The zero-order valence-corrected chi connectivity index (χ0v) is 14.9. The Bertz CT molecular complexity index is 504. The van der Waals surface area contributed by atoms with Gasteiger partial charge < -0.3 is 9.80 Å². The number of aromatic nitrogens is 2. The number of aryl methyl sites for hydroxylation is 1. The van der Waals surface area contributed by atoms with Crippen LogP contribution in [-0.2, 0) is 4.79 Å². The van der Waals surface area contributed by atoms with Gasteiger partial charge in [-0.05, 0) is 51.3 Å². The standard InChI is InChI=1S/C17H28N4OS/c1-14-12-18-19-17(14)15-4-8-21(9-5-15)16(22)13-23-11-10-20-6-2-3-7-20/h12,15H,2-11,13H2,1H3,(H,18,19). The van der Waals surface area contributed by atoms with Gasteiger partial charge in [0.15, 0.2) is 0 Å². The maximum Gasteiger partial charge on any atom is 0.232 e. The van der Waals surface area contributed by atoms with E-state index in [9.17, 15) is 4.79 Å². The summed E-state index contributed by atoms with van der Waals surface area (Å²) in [6.45, 7) is 7.50. The van der Waals surface area contributed by atoms with Crippen molar-refractivity contribution in [3.63, 3.8) is 0 Å². The van der Waals surface area contributed by atoms with Crippen LogP contribution >= 0.6 is 11.8 Å². The molecule has 0 aromatic carbocycles. The number of nitrogens with zero attached hydrogens (tertiary/aromatic N) is 3. The molecule has 1 aromatic heterocycles. The van der Waals surface area contributed by atoms with E-state index in [1.807, 2.05) is 11.1 Å². The zero-order chi connectivity index (χ0) is 16.1. The highest BCUT2D eigenvalue weighted by Gasteiger charge is 2.25. The normalized spacial score (nSPS) is 20.3. The second kappa shape index (κ2) is 8.20. The van der Waals surface area contributed by atoms with Crippen LogP contribution < -0.4 is 0 Å². The second-order valence-electron chi connectivity index (χ2n) is 6.72. The molecule has 0 saturated carbocycles. The minimum absolute atomic E-state index is 0.316. The number of piperidine rings is 1. The van der Waals surface area contributed by atoms with Crippen molar-refractivity contribution in [1.82, 2.24) is 20.0 Å². The van der Waals surface area contributed by atoms with Crippen molar-refractivity contribution in [1.29, 1.82) is 0 Å². The maximum atomic E-state index is 12.3. The van der Waals surface area contributed by atoms with Crippen molar-refractivity contribution in [2.24, 2.45) is 0 Å². The fourth-order valence-electron chi connectivity index (χ4n) is 3.64. The van der Waals surface area contributed by atoms with E-state index in [-0.39, 0.29) is 0 Å². The average molecular weight is 337 g/mol. The summed E-state index contributed by atoms with van der Waals surface area (Å²) in [5.74, 6) is 2.57. The fraction of sp³-hybridized carbons (Fsp3) is 0.765. The Labute approximate surface area is 143 Å². The fourth-order valence-corrected chi connectivity index (χ4v) is 4.53. The van der Waals surface area contributed by atoms with Gasteiger partial charge in [-0.3, -0.25) is 9.89 Å². The van der Waals surface area contributed by atoms with E-state index in [2.05, 4.69) is 22.0 Å². The van der Waals surface area contributed by atoms with E-state index < -0.39 is 0 Å². The summed E-state index contributed by atoms with van der Waals surface area (Å²) < 4.78 is 0. The van der Waals surface area contributed by atoms with Gasteiger partial charge in [-0.1, -0.05) is 0 Å². The Morgan fingerprint density at radius 1 is 1.30 bits per heavy atom. The Morgan fingerprint density at radius 3 is 2.70 bits per heavy atom. The number of H-pyrrole nitrogens is 1. The molecule has 2 saturated heterocycles. The van der Waals surface area contributed by atoms with Crippen molar-refractivity contribution >= 4 is 17.7 Å². The largest absolute Gasteiger partial charge is 0.342 e. The molecule has 2 aliphatic rings. The van der Waals surface area contributed by atoms with Gasteiger partial charge in [0.25, 0.3) is 0 Å². The smallest absolute Gasteiger partial charge is 0.232 e. The van der Waals surface area contributed by atoms with Crippen molar-refractivity contribution in [3.8, 4) is 0 Å². The molecule has 0 atom stereocenters. The highest BCUT2D eigenvalue weighted by Crippen LogP contribution is 2.28. The quantitative estimate of drug-likeness (QED) is 0.810. The molecule has 1 aromatic rings. The van der Waals surface area contributed by atoms with Gasteiger partial charge >= 0.3 is 0 Å². The molecule has 0 radical (unpaired) electrons. The lowest BCUT2D eigenvalue weighted by Gasteiger charge is -2.31. The average Bonchev–Trinajstić information content (AvgIpc) is 3.23. The van der Waals surface area contributed by atoms with E-state index in [4.69, 9.17) is 0 Å². The first-order valence-corrected chi connectivity index (χ1v) is 9.97. The number of amides is 1.